The van der Waals surface area contributed by atoms with Crippen LogP contribution in [0.4, 0.5) is 4.79 Å². The zero-order valence-electron chi connectivity index (χ0n) is 16.7. The average molecular weight is 402 g/mol. The molecule has 2 rings (SSSR count). The molecular formula is C22H27NO4S. The van der Waals surface area contributed by atoms with Crippen molar-refractivity contribution in [1.29, 1.82) is 0 Å². The number of alkyl carbamates (subject to hydrolysis) is 1. The van der Waals surface area contributed by atoms with Crippen LogP contribution in [0.2, 0.25) is 0 Å². The van der Waals surface area contributed by atoms with E-state index in [2.05, 4.69) is 17.4 Å². The molecule has 0 aromatic heterocycles. The zero-order chi connectivity index (χ0) is 20.6. The van der Waals surface area contributed by atoms with Crippen LogP contribution in [-0.4, -0.2) is 30.8 Å². The Balaban J connectivity index is 1.96. The summed E-state index contributed by atoms with van der Waals surface area (Å²) in [4.78, 5) is 25.2. The van der Waals surface area contributed by atoms with Crippen LogP contribution in [0.15, 0.2) is 59.5 Å². The summed E-state index contributed by atoms with van der Waals surface area (Å²) in [5.74, 6) is 0.388. The Labute approximate surface area is 170 Å². The highest BCUT2D eigenvalue weighted by molar-refractivity contribution is 7.98. The second kappa shape index (κ2) is 10.2. The summed E-state index contributed by atoms with van der Waals surface area (Å²) >= 11 is 1.75. The molecule has 5 nitrogen and oxygen atoms in total. The van der Waals surface area contributed by atoms with Gasteiger partial charge >= 0.3 is 12.1 Å². The molecule has 0 saturated carbocycles. The van der Waals surface area contributed by atoms with Gasteiger partial charge in [-0.1, -0.05) is 42.5 Å². The molecule has 0 aliphatic rings. The number of hydrogen-bond acceptors (Lipinski definition) is 5. The first kappa shape index (κ1) is 21.8. The lowest BCUT2D eigenvalue weighted by Crippen LogP contribution is -2.45. The minimum absolute atomic E-state index is 0.329. The second-order valence-corrected chi connectivity index (χ2v) is 8.39. The molecule has 0 heterocycles. The maximum atomic E-state index is 12.0. The van der Waals surface area contributed by atoms with Gasteiger partial charge in [-0.05, 0) is 44.0 Å². The number of amides is 1. The van der Waals surface area contributed by atoms with Gasteiger partial charge in [0.2, 0.25) is 0 Å². The van der Waals surface area contributed by atoms with E-state index in [4.69, 9.17) is 9.47 Å². The number of esters is 1. The van der Waals surface area contributed by atoms with Crippen LogP contribution in [0.1, 0.15) is 31.9 Å². The lowest BCUT2D eigenvalue weighted by Gasteiger charge is -2.22. The Bertz CT molecular complexity index is 769. The van der Waals surface area contributed by atoms with E-state index in [1.807, 2.05) is 42.5 Å². The van der Waals surface area contributed by atoms with Crippen molar-refractivity contribution in [2.45, 2.75) is 49.5 Å². The van der Waals surface area contributed by atoms with Crippen LogP contribution in [0, 0.1) is 0 Å². The van der Waals surface area contributed by atoms with Crippen LogP contribution in [0.3, 0.4) is 0 Å². The van der Waals surface area contributed by atoms with Crippen molar-refractivity contribution in [1.82, 2.24) is 5.32 Å². The molecular weight excluding hydrogens is 374 g/mol. The van der Waals surface area contributed by atoms with Crippen molar-refractivity contribution in [3.63, 3.8) is 0 Å². The number of carbonyl (C=O) groups is 2. The van der Waals surface area contributed by atoms with Crippen molar-refractivity contribution in [2.24, 2.45) is 0 Å². The summed E-state index contributed by atoms with van der Waals surface area (Å²) in [5.41, 5.74) is 1.56. The molecule has 0 spiro atoms. The molecule has 2 aromatic rings. The van der Waals surface area contributed by atoms with Crippen molar-refractivity contribution < 1.29 is 19.1 Å². The number of nitrogens with one attached hydrogen (secondary N) is 1. The van der Waals surface area contributed by atoms with Gasteiger partial charge < -0.3 is 14.8 Å². The largest absolute Gasteiger partial charge is 0.467 e. The van der Waals surface area contributed by atoms with Crippen molar-refractivity contribution >= 4 is 23.8 Å². The first-order chi connectivity index (χ1) is 13.3. The van der Waals surface area contributed by atoms with E-state index in [1.165, 1.54) is 12.7 Å². The van der Waals surface area contributed by atoms with Gasteiger partial charge in [-0.3, -0.25) is 0 Å². The van der Waals surface area contributed by atoms with Crippen LogP contribution < -0.4 is 5.32 Å². The van der Waals surface area contributed by atoms with Gasteiger partial charge in [0, 0.05) is 17.1 Å². The molecule has 28 heavy (non-hydrogen) atoms. The van der Waals surface area contributed by atoms with Gasteiger partial charge in [0.15, 0.2) is 0 Å². The molecule has 150 valence electrons. The topological polar surface area (TPSA) is 64.6 Å². The zero-order valence-corrected chi connectivity index (χ0v) is 17.5. The molecule has 1 amide bonds. The summed E-state index contributed by atoms with van der Waals surface area (Å²) < 4.78 is 10.0. The average Bonchev–Trinajstić information content (AvgIpc) is 2.65. The highest BCUT2D eigenvalue weighted by atomic mass is 32.2. The Kier molecular flexibility index (Phi) is 7.93. The molecule has 0 bridgehead atoms. The summed E-state index contributed by atoms with van der Waals surface area (Å²) in [7, 11) is 1.30. The van der Waals surface area contributed by atoms with E-state index in [0.717, 1.165) is 16.2 Å². The fourth-order valence-corrected chi connectivity index (χ4v) is 3.34. The van der Waals surface area contributed by atoms with E-state index < -0.39 is 23.7 Å². The predicted octanol–water partition coefficient (Wildman–Crippen LogP) is 4.59. The predicted molar refractivity (Wildman–Crippen MR) is 111 cm³/mol. The summed E-state index contributed by atoms with van der Waals surface area (Å²) in [5, 5.41) is 2.59. The standard InChI is InChI=1S/C22H27NO4S/c1-22(2,3)27-21(25)23-19(20(24)26-4)14-16-10-12-18(13-11-16)28-15-17-8-6-5-7-9-17/h5-13,19H,14-15H2,1-4H3,(H,23,25)/t19-/m0/s1. The Hall–Kier alpha value is -2.47. The number of benzene rings is 2. The molecule has 1 atom stereocenters. The molecule has 0 unspecified atom stereocenters. The minimum atomic E-state index is -0.803. The number of rotatable bonds is 7. The van der Waals surface area contributed by atoms with Gasteiger partial charge in [0.1, 0.15) is 11.6 Å². The molecule has 0 radical (unpaired) electrons. The van der Waals surface area contributed by atoms with E-state index in [1.54, 1.807) is 32.5 Å². The maximum Gasteiger partial charge on any atom is 0.408 e. The number of thioether (sulfide) groups is 1. The van der Waals surface area contributed by atoms with E-state index >= 15 is 0 Å². The van der Waals surface area contributed by atoms with Gasteiger partial charge in [-0.2, -0.15) is 0 Å². The number of ether oxygens (including phenoxy) is 2. The summed E-state index contributed by atoms with van der Waals surface area (Å²) in [6, 6.07) is 17.4. The molecule has 1 N–H and O–H groups in total. The molecule has 0 saturated heterocycles. The molecule has 0 aliphatic heterocycles. The number of carbonyl (C=O) groups excluding carboxylic acids is 2. The molecule has 6 heteroatoms. The summed E-state index contributed by atoms with van der Waals surface area (Å²) in [6.07, 6.45) is -0.312. The fourth-order valence-electron chi connectivity index (χ4n) is 2.48. The minimum Gasteiger partial charge on any atom is -0.467 e. The molecule has 0 aliphatic carbocycles. The Morgan fingerprint density at radius 3 is 2.21 bits per heavy atom. The van der Waals surface area contributed by atoms with Crippen molar-refractivity contribution in [3.8, 4) is 0 Å². The van der Waals surface area contributed by atoms with E-state index in [9.17, 15) is 9.59 Å². The van der Waals surface area contributed by atoms with Crippen molar-refractivity contribution in [2.75, 3.05) is 7.11 Å². The fraction of sp³-hybridized carbons (Fsp3) is 0.364. The van der Waals surface area contributed by atoms with Crippen LogP contribution in [0.5, 0.6) is 0 Å². The molecule has 0 fully saturated rings. The SMILES string of the molecule is COC(=O)[C@H](Cc1ccc(SCc2ccccc2)cc1)NC(=O)OC(C)(C)C. The highest BCUT2D eigenvalue weighted by Gasteiger charge is 2.25. The van der Waals surface area contributed by atoms with E-state index in [-0.39, 0.29) is 0 Å². The smallest absolute Gasteiger partial charge is 0.408 e. The normalized spacial score (nSPS) is 12.1. The van der Waals surface area contributed by atoms with Gasteiger partial charge in [0.25, 0.3) is 0 Å². The van der Waals surface area contributed by atoms with Gasteiger partial charge in [-0.15, -0.1) is 11.8 Å². The maximum absolute atomic E-state index is 12.0. The third kappa shape index (κ3) is 7.64. The van der Waals surface area contributed by atoms with Crippen LogP contribution in [0.25, 0.3) is 0 Å². The third-order valence-electron chi connectivity index (χ3n) is 3.79. The van der Waals surface area contributed by atoms with Crippen molar-refractivity contribution in [3.05, 3.63) is 65.7 Å². The Morgan fingerprint density at radius 2 is 1.64 bits per heavy atom. The monoisotopic (exact) mass is 401 g/mol. The second-order valence-electron chi connectivity index (χ2n) is 7.34. The number of methoxy groups -OCH3 is 1. The van der Waals surface area contributed by atoms with Crippen LogP contribution in [-0.2, 0) is 26.4 Å². The number of hydrogen-bond donors (Lipinski definition) is 1. The lowest BCUT2D eigenvalue weighted by molar-refractivity contribution is -0.143. The van der Waals surface area contributed by atoms with Gasteiger partial charge in [-0.25, -0.2) is 9.59 Å². The first-order valence-electron chi connectivity index (χ1n) is 9.10. The van der Waals surface area contributed by atoms with Crippen LogP contribution >= 0.6 is 11.8 Å². The summed E-state index contributed by atoms with van der Waals surface area (Å²) in [6.45, 7) is 5.31. The molecule has 2 aromatic carbocycles. The Morgan fingerprint density at radius 1 is 1.00 bits per heavy atom. The van der Waals surface area contributed by atoms with Gasteiger partial charge in [0.05, 0.1) is 7.11 Å². The first-order valence-corrected chi connectivity index (χ1v) is 10.1. The quantitative estimate of drug-likeness (QED) is 0.543. The third-order valence-corrected chi connectivity index (χ3v) is 4.87. The highest BCUT2D eigenvalue weighted by Crippen LogP contribution is 2.23. The lowest BCUT2D eigenvalue weighted by atomic mass is 10.1. The van der Waals surface area contributed by atoms with E-state index in [0.29, 0.717) is 6.42 Å².